The molecular formula is C16H24N4O. The predicted octanol–water partition coefficient (Wildman–Crippen LogP) is 1.61. The summed E-state index contributed by atoms with van der Waals surface area (Å²) in [4.78, 5) is 14.4. The van der Waals surface area contributed by atoms with Crippen LogP contribution in [0.4, 0.5) is 5.69 Å². The van der Waals surface area contributed by atoms with Crippen molar-refractivity contribution < 1.29 is 4.79 Å². The van der Waals surface area contributed by atoms with E-state index in [4.69, 9.17) is 11.1 Å². The number of rotatable bonds is 4. The van der Waals surface area contributed by atoms with E-state index in [-0.39, 0.29) is 11.8 Å². The Balaban J connectivity index is 1.92. The van der Waals surface area contributed by atoms with Crippen LogP contribution in [-0.4, -0.2) is 36.7 Å². The second-order valence-electron chi connectivity index (χ2n) is 5.84. The number of piperidine rings is 1. The van der Waals surface area contributed by atoms with Gasteiger partial charge in [-0.15, -0.1) is 0 Å². The highest BCUT2D eigenvalue weighted by Crippen LogP contribution is 2.17. The van der Waals surface area contributed by atoms with Gasteiger partial charge in [-0.05, 0) is 57.6 Å². The van der Waals surface area contributed by atoms with Crippen LogP contribution in [0.5, 0.6) is 0 Å². The molecule has 0 bridgehead atoms. The van der Waals surface area contributed by atoms with Crippen LogP contribution in [0.2, 0.25) is 0 Å². The predicted molar refractivity (Wildman–Crippen MR) is 85.4 cm³/mol. The van der Waals surface area contributed by atoms with Gasteiger partial charge < -0.3 is 21.4 Å². The molecule has 0 saturated carbocycles. The lowest BCUT2D eigenvalue weighted by Gasteiger charge is -2.28. The highest BCUT2D eigenvalue weighted by Gasteiger charge is 2.22. The first-order valence-electron chi connectivity index (χ1n) is 7.37. The van der Waals surface area contributed by atoms with Crippen molar-refractivity contribution in [2.45, 2.75) is 26.3 Å². The number of benzene rings is 1. The largest absolute Gasteiger partial charge is 0.398 e. The second-order valence-corrected chi connectivity index (χ2v) is 5.84. The lowest BCUT2D eigenvalue weighted by Crippen LogP contribution is -2.38. The fourth-order valence-corrected chi connectivity index (χ4v) is 2.64. The van der Waals surface area contributed by atoms with Crippen molar-refractivity contribution in [3.05, 3.63) is 29.3 Å². The molecule has 114 valence electrons. The summed E-state index contributed by atoms with van der Waals surface area (Å²) >= 11 is 0. The summed E-state index contributed by atoms with van der Waals surface area (Å²) < 4.78 is 0. The summed E-state index contributed by atoms with van der Waals surface area (Å²) in [6, 6.07) is 5.58. The quantitative estimate of drug-likeness (QED) is 0.581. The highest BCUT2D eigenvalue weighted by molar-refractivity contribution is 6.01. The Morgan fingerprint density at radius 3 is 2.71 bits per heavy atom. The number of anilines is 1. The van der Waals surface area contributed by atoms with Crippen molar-refractivity contribution in [1.29, 1.82) is 5.41 Å². The van der Waals surface area contributed by atoms with E-state index in [1.807, 2.05) is 12.1 Å². The maximum Gasteiger partial charge on any atom is 0.223 e. The third-order valence-electron chi connectivity index (χ3n) is 4.08. The lowest BCUT2D eigenvalue weighted by molar-refractivity contribution is -0.126. The number of nitrogens with one attached hydrogen (secondary N) is 2. The van der Waals surface area contributed by atoms with Crippen LogP contribution in [0.3, 0.4) is 0 Å². The average Bonchev–Trinajstić information content (AvgIpc) is 2.46. The molecule has 0 radical (unpaired) electrons. The van der Waals surface area contributed by atoms with Crippen molar-refractivity contribution in [1.82, 2.24) is 10.2 Å². The summed E-state index contributed by atoms with van der Waals surface area (Å²) in [6.07, 6.45) is 1.85. The average molecular weight is 288 g/mol. The molecule has 2 rings (SSSR count). The number of nitrogens with zero attached hydrogens (tertiary/aromatic N) is 1. The zero-order chi connectivity index (χ0) is 15.4. The Labute approximate surface area is 126 Å². The zero-order valence-corrected chi connectivity index (χ0v) is 12.8. The number of carbonyl (C=O) groups excluding carboxylic acids is 1. The molecule has 0 spiro atoms. The van der Waals surface area contributed by atoms with Gasteiger partial charge in [0.2, 0.25) is 5.91 Å². The molecule has 5 heteroatoms. The van der Waals surface area contributed by atoms with Crippen LogP contribution in [0, 0.1) is 11.3 Å². The molecule has 1 fully saturated rings. The first-order chi connectivity index (χ1) is 9.97. The van der Waals surface area contributed by atoms with Crippen molar-refractivity contribution in [2.24, 2.45) is 5.92 Å². The minimum atomic E-state index is 0.124. The zero-order valence-electron chi connectivity index (χ0n) is 12.8. The monoisotopic (exact) mass is 288 g/mol. The van der Waals surface area contributed by atoms with Crippen LogP contribution in [-0.2, 0) is 11.3 Å². The number of hydrogen-bond acceptors (Lipinski definition) is 4. The van der Waals surface area contributed by atoms with E-state index in [0.29, 0.717) is 17.9 Å². The summed E-state index contributed by atoms with van der Waals surface area (Å²) in [6.45, 7) is 4.17. The standard InChI is InChI=1S/C16H24N4O/c1-11(17)14-9-12(3-4-15(14)18)10-19-16(21)13-5-7-20(2)8-6-13/h3-4,9,13,17H,5-8,10,18H2,1-2H3,(H,19,21). The molecular weight excluding hydrogens is 264 g/mol. The van der Waals surface area contributed by atoms with Gasteiger partial charge in [0.15, 0.2) is 0 Å². The van der Waals surface area contributed by atoms with Gasteiger partial charge in [0.1, 0.15) is 0 Å². The molecule has 0 aliphatic carbocycles. The van der Waals surface area contributed by atoms with E-state index < -0.39 is 0 Å². The van der Waals surface area contributed by atoms with E-state index in [1.165, 1.54) is 0 Å². The number of likely N-dealkylation sites (tertiary alicyclic amines) is 1. The third-order valence-corrected chi connectivity index (χ3v) is 4.08. The van der Waals surface area contributed by atoms with Crippen LogP contribution >= 0.6 is 0 Å². The topological polar surface area (TPSA) is 82.2 Å². The number of amides is 1. The van der Waals surface area contributed by atoms with Gasteiger partial charge in [-0.3, -0.25) is 4.79 Å². The lowest BCUT2D eigenvalue weighted by atomic mass is 9.96. The Morgan fingerprint density at radius 2 is 2.10 bits per heavy atom. The van der Waals surface area contributed by atoms with E-state index in [1.54, 1.807) is 13.0 Å². The summed E-state index contributed by atoms with van der Waals surface area (Å²) in [5.41, 5.74) is 8.60. The van der Waals surface area contributed by atoms with Gasteiger partial charge >= 0.3 is 0 Å². The van der Waals surface area contributed by atoms with Gasteiger partial charge in [0.25, 0.3) is 0 Å². The molecule has 1 aromatic rings. The highest BCUT2D eigenvalue weighted by atomic mass is 16.1. The van der Waals surface area contributed by atoms with Crippen LogP contribution in [0.15, 0.2) is 18.2 Å². The molecule has 4 N–H and O–H groups in total. The minimum Gasteiger partial charge on any atom is -0.398 e. The Hall–Kier alpha value is -1.88. The van der Waals surface area contributed by atoms with Crippen molar-refractivity contribution in [2.75, 3.05) is 25.9 Å². The number of hydrogen-bond donors (Lipinski definition) is 3. The fraction of sp³-hybridized carbons (Fsp3) is 0.500. The molecule has 0 unspecified atom stereocenters. The Kier molecular flexibility index (Phi) is 4.96. The van der Waals surface area contributed by atoms with E-state index in [0.717, 1.165) is 37.1 Å². The van der Waals surface area contributed by atoms with Gasteiger partial charge in [-0.25, -0.2) is 0 Å². The van der Waals surface area contributed by atoms with Crippen molar-refractivity contribution in [3.8, 4) is 0 Å². The smallest absolute Gasteiger partial charge is 0.223 e. The van der Waals surface area contributed by atoms with Gasteiger partial charge in [-0.1, -0.05) is 6.07 Å². The van der Waals surface area contributed by atoms with Crippen LogP contribution < -0.4 is 11.1 Å². The number of nitrogen functional groups attached to an aromatic ring is 1. The molecule has 1 saturated heterocycles. The maximum absolute atomic E-state index is 12.2. The molecule has 1 amide bonds. The van der Waals surface area contributed by atoms with Crippen LogP contribution in [0.1, 0.15) is 30.9 Å². The van der Waals surface area contributed by atoms with Gasteiger partial charge in [-0.2, -0.15) is 0 Å². The molecule has 1 aliphatic rings. The maximum atomic E-state index is 12.2. The SMILES string of the molecule is CC(=N)c1cc(CNC(=O)C2CCN(C)CC2)ccc1N. The number of nitrogens with two attached hydrogens (primary N) is 1. The Bertz CT molecular complexity index is 533. The van der Waals surface area contributed by atoms with E-state index in [9.17, 15) is 4.79 Å². The molecule has 1 aliphatic heterocycles. The summed E-state index contributed by atoms with van der Waals surface area (Å²) in [5.74, 6) is 0.256. The molecule has 5 nitrogen and oxygen atoms in total. The second kappa shape index (κ2) is 6.72. The molecule has 0 atom stereocenters. The van der Waals surface area contributed by atoms with Crippen molar-refractivity contribution >= 4 is 17.3 Å². The number of carbonyl (C=O) groups is 1. The van der Waals surface area contributed by atoms with Gasteiger partial charge in [0, 0.05) is 29.4 Å². The summed E-state index contributed by atoms with van der Waals surface area (Å²) in [7, 11) is 2.09. The fourth-order valence-electron chi connectivity index (χ4n) is 2.64. The summed E-state index contributed by atoms with van der Waals surface area (Å²) in [5, 5.41) is 10.7. The minimum absolute atomic E-state index is 0.124. The normalized spacial score (nSPS) is 16.7. The molecule has 1 heterocycles. The van der Waals surface area contributed by atoms with E-state index in [2.05, 4.69) is 17.3 Å². The van der Waals surface area contributed by atoms with Crippen LogP contribution in [0.25, 0.3) is 0 Å². The Morgan fingerprint density at radius 1 is 1.43 bits per heavy atom. The molecule has 1 aromatic carbocycles. The van der Waals surface area contributed by atoms with Crippen molar-refractivity contribution in [3.63, 3.8) is 0 Å². The molecule has 0 aromatic heterocycles. The third kappa shape index (κ3) is 4.04. The first-order valence-corrected chi connectivity index (χ1v) is 7.37. The van der Waals surface area contributed by atoms with Gasteiger partial charge in [0.05, 0.1) is 0 Å². The first kappa shape index (κ1) is 15.5. The van der Waals surface area contributed by atoms with E-state index >= 15 is 0 Å². The molecule has 21 heavy (non-hydrogen) atoms.